The van der Waals surface area contributed by atoms with Gasteiger partial charge >= 0.3 is 0 Å². The third-order valence-electron chi connectivity index (χ3n) is 3.17. The molecule has 1 atom stereocenters. The minimum absolute atomic E-state index is 0.174. The molecule has 1 aromatic heterocycles. The van der Waals surface area contributed by atoms with Crippen molar-refractivity contribution in [2.75, 3.05) is 0 Å². The largest absolute Gasteiger partial charge is 0.484 e. The van der Waals surface area contributed by atoms with Crippen LogP contribution < -0.4 is 10.5 Å². The Morgan fingerprint density at radius 1 is 1.50 bits per heavy atom. The Kier molecular flexibility index (Phi) is 2.76. The van der Waals surface area contributed by atoms with Crippen LogP contribution in [0.4, 0.5) is 0 Å². The molecule has 2 N–H and O–H groups in total. The van der Waals surface area contributed by atoms with Gasteiger partial charge in [-0.2, -0.15) is 4.98 Å². The lowest BCUT2D eigenvalue weighted by atomic mass is 10.1. The normalized spacial score (nSPS) is 17.8. The lowest BCUT2D eigenvalue weighted by Gasteiger charge is -2.07. The molecule has 1 aliphatic carbocycles. The topological polar surface area (TPSA) is 74.2 Å². The van der Waals surface area contributed by atoms with Crippen LogP contribution in [0.2, 0.25) is 0 Å². The second-order valence-corrected chi connectivity index (χ2v) is 4.53. The fourth-order valence-corrected chi connectivity index (χ4v) is 2.26. The summed E-state index contributed by atoms with van der Waals surface area (Å²) in [4.78, 5) is 4.09. The van der Waals surface area contributed by atoms with Crippen LogP contribution in [0.1, 0.15) is 35.3 Å². The van der Waals surface area contributed by atoms with E-state index in [0.29, 0.717) is 18.3 Å². The number of hydrogen-bond donors (Lipinski definition) is 1. The van der Waals surface area contributed by atoms with Crippen molar-refractivity contribution in [3.63, 3.8) is 0 Å². The molecule has 0 aliphatic heterocycles. The Bertz CT molecular complexity index is 565. The van der Waals surface area contributed by atoms with Gasteiger partial charge in [-0.3, -0.25) is 0 Å². The summed E-state index contributed by atoms with van der Waals surface area (Å²) in [5.74, 6) is 1.93. The second kappa shape index (κ2) is 4.42. The zero-order valence-corrected chi connectivity index (χ0v) is 10.2. The predicted octanol–water partition coefficient (Wildman–Crippen LogP) is 1.90. The SMILES string of the molecule is Cc1noc(COc2ccc3c(c2)CCC3N)n1. The van der Waals surface area contributed by atoms with Crippen molar-refractivity contribution in [2.24, 2.45) is 5.73 Å². The molecule has 0 saturated heterocycles. The molecule has 94 valence electrons. The van der Waals surface area contributed by atoms with Crippen molar-refractivity contribution in [3.8, 4) is 5.75 Å². The van der Waals surface area contributed by atoms with Crippen molar-refractivity contribution in [1.82, 2.24) is 10.1 Å². The average Bonchev–Trinajstić information content (AvgIpc) is 2.94. The van der Waals surface area contributed by atoms with Crippen molar-refractivity contribution < 1.29 is 9.26 Å². The summed E-state index contributed by atoms with van der Waals surface area (Å²) in [7, 11) is 0. The molecule has 0 spiro atoms. The number of nitrogens with zero attached hydrogens (tertiary/aromatic N) is 2. The number of nitrogens with two attached hydrogens (primary N) is 1. The molecule has 2 aromatic rings. The Hall–Kier alpha value is -1.88. The average molecular weight is 245 g/mol. The summed E-state index contributed by atoms with van der Waals surface area (Å²) in [6.07, 6.45) is 2.04. The van der Waals surface area contributed by atoms with Gasteiger partial charge in [0.15, 0.2) is 12.4 Å². The highest BCUT2D eigenvalue weighted by atomic mass is 16.5. The van der Waals surface area contributed by atoms with E-state index in [1.807, 2.05) is 18.2 Å². The summed E-state index contributed by atoms with van der Waals surface area (Å²) >= 11 is 0. The molecule has 0 bridgehead atoms. The molecule has 5 nitrogen and oxygen atoms in total. The Morgan fingerprint density at radius 2 is 2.39 bits per heavy atom. The van der Waals surface area contributed by atoms with Crippen LogP contribution in [0.5, 0.6) is 5.75 Å². The van der Waals surface area contributed by atoms with Gasteiger partial charge < -0.3 is 15.0 Å². The van der Waals surface area contributed by atoms with Gasteiger partial charge in [0.1, 0.15) is 5.75 Å². The second-order valence-electron chi connectivity index (χ2n) is 4.53. The van der Waals surface area contributed by atoms with Gasteiger partial charge in [-0.1, -0.05) is 11.2 Å². The van der Waals surface area contributed by atoms with Crippen LogP contribution in [-0.4, -0.2) is 10.1 Å². The molecule has 5 heteroatoms. The lowest BCUT2D eigenvalue weighted by Crippen LogP contribution is -2.05. The number of aromatic nitrogens is 2. The van der Waals surface area contributed by atoms with Crippen LogP contribution in [0.15, 0.2) is 22.7 Å². The lowest BCUT2D eigenvalue weighted by molar-refractivity contribution is 0.242. The maximum atomic E-state index is 5.99. The molecular formula is C13H15N3O2. The van der Waals surface area contributed by atoms with Crippen LogP contribution >= 0.6 is 0 Å². The first-order valence-corrected chi connectivity index (χ1v) is 6.03. The van der Waals surface area contributed by atoms with Gasteiger partial charge in [-0.25, -0.2) is 0 Å². The zero-order valence-electron chi connectivity index (χ0n) is 10.2. The summed E-state index contributed by atoms with van der Waals surface area (Å²) in [5, 5.41) is 3.71. The van der Waals surface area contributed by atoms with E-state index < -0.39 is 0 Å². The molecule has 0 fully saturated rings. The van der Waals surface area contributed by atoms with Crippen molar-refractivity contribution in [1.29, 1.82) is 0 Å². The Balaban J connectivity index is 1.70. The smallest absolute Gasteiger partial charge is 0.264 e. The van der Waals surface area contributed by atoms with Crippen LogP contribution in [0.25, 0.3) is 0 Å². The predicted molar refractivity (Wildman–Crippen MR) is 65.1 cm³/mol. The van der Waals surface area contributed by atoms with Crippen LogP contribution in [-0.2, 0) is 13.0 Å². The highest BCUT2D eigenvalue weighted by Gasteiger charge is 2.19. The third-order valence-corrected chi connectivity index (χ3v) is 3.17. The van der Waals surface area contributed by atoms with Crippen molar-refractivity contribution >= 4 is 0 Å². The van der Waals surface area contributed by atoms with Crippen molar-refractivity contribution in [3.05, 3.63) is 41.0 Å². The van der Waals surface area contributed by atoms with Gasteiger partial charge in [0.25, 0.3) is 5.89 Å². The number of aryl methyl sites for hydroxylation is 2. The van der Waals surface area contributed by atoms with Gasteiger partial charge in [-0.05, 0) is 43.0 Å². The Labute approximate surface area is 105 Å². The molecule has 1 aliphatic rings. The van der Waals surface area contributed by atoms with Gasteiger partial charge in [0.2, 0.25) is 0 Å². The van der Waals surface area contributed by atoms with Gasteiger partial charge in [0.05, 0.1) is 0 Å². The fourth-order valence-electron chi connectivity index (χ4n) is 2.26. The minimum atomic E-state index is 0.174. The number of hydrogen-bond acceptors (Lipinski definition) is 5. The number of fused-ring (bicyclic) bond motifs is 1. The van der Waals surface area contributed by atoms with E-state index in [-0.39, 0.29) is 6.04 Å². The fraction of sp³-hybridized carbons (Fsp3) is 0.385. The molecule has 0 amide bonds. The van der Waals surface area contributed by atoms with E-state index in [2.05, 4.69) is 10.1 Å². The standard InChI is InChI=1S/C13H15N3O2/c1-8-15-13(18-16-8)7-17-10-3-4-11-9(6-10)2-5-12(11)14/h3-4,6,12H,2,5,7,14H2,1H3. The van der Waals surface area contributed by atoms with E-state index >= 15 is 0 Å². The molecule has 1 heterocycles. The molecule has 0 saturated carbocycles. The van der Waals surface area contributed by atoms with Crippen LogP contribution in [0, 0.1) is 6.92 Å². The van der Waals surface area contributed by atoms with Gasteiger partial charge in [0, 0.05) is 6.04 Å². The maximum absolute atomic E-state index is 5.99. The number of ether oxygens (including phenoxy) is 1. The van der Waals surface area contributed by atoms with E-state index in [9.17, 15) is 0 Å². The summed E-state index contributed by atoms with van der Waals surface area (Å²) < 4.78 is 10.6. The zero-order chi connectivity index (χ0) is 12.5. The molecule has 3 rings (SSSR count). The van der Waals surface area contributed by atoms with E-state index in [0.717, 1.165) is 18.6 Å². The monoisotopic (exact) mass is 245 g/mol. The first-order chi connectivity index (χ1) is 8.72. The number of benzene rings is 1. The highest BCUT2D eigenvalue weighted by molar-refractivity contribution is 5.40. The number of rotatable bonds is 3. The third kappa shape index (κ3) is 2.09. The van der Waals surface area contributed by atoms with Crippen molar-refractivity contribution in [2.45, 2.75) is 32.4 Å². The first kappa shape index (κ1) is 11.2. The molecule has 0 radical (unpaired) electrons. The Morgan fingerprint density at radius 3 is 3.17 bits per heavy atom. The van der Waals surface area contributed by atoms with E-state index in [1.54, 1.807) is 6.92 Å². The summed E-state index contributed by atoms with van der Waals surface area (Å²) in [6.45, 7) is 2.08. The quantitative estimate of drug-likeness (QED) is 0.894. The highest BCUT2D eigenvalue weighted by Crippen LogP contribution is 2.31. The van der Waals surface area contributed by atoms with E-state index in [4.69, 9.17) is 15.0 Å². The summed E-state index contributed by atoms with van der Waals surface area (Å²) in [6, 6.07) is 6.20. The first-order valence-electron chi connectivity index (χ1n) is 6.03. The maximum Gasteiger partial charge on any atom is 0.264 e. The van der Waals surface area contributed by atoms with Gasteiger partial charge in [-0.15, -0.1) is 0 Å². The van der Waals surface area contributed by atoms with E-state index in [1.165, 1.54) is 11.1 Å². The molecule has 1 aromatic carbocycles. The minimum Gasteiger partial charge on any atom is -0.484 e. The summed E-state index contributed by atoms with van der Waals surface area (Å²) in [5.41, 5.74) is 8.50. The van der Waals surface area contributed by atoms with Crippen LogP contribution in [0.3, 0.4) is 0 Å². The molecular weight excluding hydrogens is 230 g/mol. The molecule has 1 unspecified atom stereocenters. The molecule has 18 heavy (non-hydrogen) atoms.